The van der Waals surface area contributed by atoms with E-state index in [-0.39, 0.29) is 11.6 Å². The van der Waals surface area contributed by atoms with Crippen LogP contribution < -0.4 is 5.73 Å². The number of aromatic nitrogens is 2. The van der Waals surface area contributed by atoms with Crippen LogP contribution in [0.15, 0.2) is 34.8 Å². The normalized spacial score (nSPS) is 13.2. The van der Waals surface area contributed by atoms with E-state index < -0.39 is 15.1 Å². The summed E-state index contributed by atoms with van der Waals surface area (Å²) in [6, 6.07) is 9.39. The largest absolute Gasteiger partial charge is 0.383 e. The minimum absolute atomic E-state index is 0.201. The first-order valence-electron chi connectivity index (χ1n) is 5.88. The molecule has 0 aliphatic carbocycles. The first kappa shape index (κ1) is 14.9. The summed E-state index contributed by atoms with van der Waals surface area (Å²) in [7, 11) is -3.28. The van der Waals surface area contributed by atoms with Crippen LogP contribution >= 0.6 is 15.9 Å². The molecule has 7 heteroatoms. The third kappa shape index (κ3) is 2.99. The summed E-state index contributed by atoms with van der Waals surface area (Å²) in [6.07, 6.45) is 1.15. The Morgan fingerprint density at radius 1 is 1.20 bits per heavy atom. The standard InChI is InChI=1S/C13H14BrN3O2S/c1-8(20(2,18)19)13-16-11(10(14)12(15)17-13)9-6-4-3-5-7-9/h3-8H,1-2H3,(H2,15,16,17). The molecule has 106 valence electrons. The van der Waals surface area contributed by atoms with E-state index >= 15 is 0 Å². The molecule has 0 amide bonds. The van der Waals surface area contributed by atoms with Gasteiger partial charge in [0.05, 0.1) is 10.2 Å². The molecule has 1 unspecified atom stereocenters. The number of anilines is 1. The maximum Gasteiger partial charge on any atom is 0.157 e. The summed E-state index contributed by atoms with van der Waals surface area (Å²) in [5.41, 5.74) is 7.28. The lowest BCUT2D eigenvalue weighted by Crippen LogP contribution is -2.13. The molecule has 0 bridgehead atoms. The molecule has 0 radical (unpaired) electrons. The molecule has 0 spiro atoms. The van der Waals surface area contributed by atoms with Crippen molar-refractivity contribution in [3.63, 3.8) is 0 Å². The molecule has 1 atom stereocenters. The van der Waals surface area contributed by atoms with Crippen LogP contribution in [-0.4, -0.2) is 24.6 Å². The zero-order chi connectivity index (χ0) is 14.9. The minimum atomic E-state index is -3.28. The molecular weight excluding hydrogens is 342 g/mol. The quantitative estimate of drug-likeness (QED) is 0.914. The molecule has 0 saturated heterocycles. The van der Waals surface area contributed by atoms with Crippen LogP contribution in [0, 0.1) is 0 Å². The van der Waals surface area contributed by atoms with Crippen molar-refractivity contribution >= 4 is 31.6 Å². The molecule has 1 aromatic carbocycles. The molecule has 1 aromatic heterocycles. The topological polar surface area (TPSA) is 85.9 Å². The zero-order valence-corrected chi connectivity index (χ0v) is 13.4. The van der Waals surface area contributed by atoms with E-state index in [1.807, 2.05) is 30.3 Å². The summed E-state index contributed by atoms with van der Waals surface area (Å²) in [5.74, 6) is 0.427. The first-order chi connectivity index (χ1) is 9.30. The third-order valence-corrected chi connectivity index (χ3v) is 5.22. The maximum atomic E-state index is 11.6. The molecular formula is C13H14BrN3O2S. The number of nitrogens with two attached hydrogens (primary N) is 1. The second kappa shape index (κ2) is 5.49. The fourth-order valence-corrected chi connectivity index (χ4v) is 2.54. The lowest BCUT2D eigenvalue weighted by molar-refractivity contribution is 0.589. The lowest BCUT2D eigenvalue weighted by Gasteiger charge is -2.12. The van der Waals surface area contributed by atoms with Gasteiger partial charge in [-0.2, -0.15) is 0 Å². The van der Waals surface area contributed by atoms with Crippen molar-refractivity contribution in [3.8, 4) is 11.3 Å². The van der Waals surface area contributed by atoms with E-state index in [9.17, 15) is 8.42 Å². The van der Waals surface area contributed by atoms with Crippen molar-refractivity contribution in [2.24, 2.45) is 0 Å². The van der Waals surface area contributed by atoms with E-state index in [4.69, 9.17) is 5.73 Å². The van der Waals surface area contributed by atoms with Gasteiger partial charge in [-0.3, -0.25) is 0 Å². The molecule has 2 aromatic rings. The molecule has 0 fully saturated rings. The maximum absolute atomic E-state index is 11.6. The number of halogens is 1. The lowest BCUT2D eigenvalue weighted by atomic mass is 10.1. The molecule has 20 heavy (non-hydrogen) atoms. The average Bonchev–Trinajstić information content (AvgIpc) is 2.41. The number of rotatable bonds is 3. The molecule has 2 N–H and O–H groups in total. The van der Waals surface area contributed by atoms with Gasteiger partial charge < -0.3 is 5.73 Å². The van der Waals surface area contributed by atoms with Crippen LogP contribution in [0.1, 0.15) is 18.0 Å². The van der Waals surface area contributed by atoms with Crippen molar-refractivity contribution in [3.05, 3.63) is 40.6 Å². The number of nitrogen functional groups attached to an aromatic ring is 1. The van der Waals surface area contributed by atoms with Crippen molar-refractivity contribution in [1.82, 2.24) is 9.97 Å². The number of hydrogen-bond acceptors (Lipinski definition) is 5. The van der Waals surface area contributed by atoms with Gasteiger partial charge in [0, 0.05) is 11.8 Å². The SMILES string of the molecule is CC(c1nc(N)c(Br)c(-c2ccccc2)n1)S(C)(=O)=O. The van der Waals surface area contributed by atoms with Crippen molar-refractivity contribution in [2.45, 2.75) is 12.2 Å². The molecule has 0 aliphatic rings. The Kier molecular flexibility index (Phi) is 4.10. The van der Waals surface area contributed by atoms with Gasteiger partial charge in [0.15, 0.2) is 9.84 Å². The minimum Gasteiger partial charge on any atom is -0.383 e. The van der Waals surface area contributed by atoms with Gasteiger partial charge in [0.25, 0.3) is 0 Å². The van der Waals surface area contributed by atoms with Gasteiger partial charge in [0.2, 0.25) is 0 Å². The summed E-state index contributed by atoms with van der Waals surface area (Å²) >= 11 is 3.35. The summed E-state index contributed by atoms with van der Waals surface area (Å²) in [5, 5.41) is -0.805. The molecule has 2 rings (SSSR count). The number of sulfone groups is 1. The fraction of sp³-hybridized carbons (Fsp3) is 0.231. The van der Waals surface area contributed by atoms with E-state index in [0.717, 1.165) is 11.8 Å². The van der Waals surface area contributed by atoms with Gasteiger partial charge in [-0.05, 0) is 22.9 Å². The van der Waals surface area contributed by atoms with E-state index in [1.165, 1.54) is 0 Å². The van der Waals surface area contributed by atoms with Crippen LogP contribution in [0.4, 0.5) is 5.82 Å². The van der Waals surface area contributed by atoms with Gasteiger partial charge >= 0.3 is 0 Å². The first-order valence-corrected chi connectivity index (χ1v) is 8.62. The van der Waals surface area contributed by atoms with Gasteiger partial charge in [-0.1, -0.05) is 30.3 Å². The van der Waals surface area contributed by atoms with Crippen LogP contribution in [0.2, 0.25) is 0 Å². The highest BCUT2D eigenvalue weighted by atomic mass is 79.9. The highest BCUT2D eigenvalue weighted by Crippen LogP contribution is 2.32. The van der Waals surface area contributed by atoms with Gasteiger partial charge in [0.1, 0.15) is 16.9 Å². The highest BCUT2D eigenvalue weighted by Gasteiger charge is 2.23. The monoisotopic (exact) mass is 355 g/mol. The number of benzene rings is 1. The van der Waals surface area contributed by atoms with E-state index in [0.29, 0.717) is 10.2 Å². The van der Waals surface area contributed by atoms with E-state index in [2.05, 4.69) is 25.9 Å². The van der Waals surface area contributed by atoms with E-state index in [1.54, 1.807) is 6.92 Å². The summed E-state index contributed by atoms with van der Waals surface area (Å²) < 4.78 is 23.8. The van der Waals surface area contributed by atoms with Crippen molar-refractivity contribution in [2.75, 3.05) is 12.0 Å². The number of nitrogens with zero attached hydrogens (tertiary/aromatic N) is 2. The second-order valence-corrected chi connectivity index (χ2v) is 7.63. The Balaban J connectivity index is 2.63. The second-order valence-electron chi connectivity index (χ2n) is 4.47. The summed E-state index contributed by atoms with van der Waals surface area (Å²) in [4.78, 5) is 8.42. The smallest absolute Gasteiger partial charge is 0.157 e. The Morgan fingerprint density at radius 3 is 2.35 bits per heavy atom. The van der Waals surface area contributed by atoms with Crippen LogP contribution in [0.5, 0.6) is 0 Å². The zero-order valence-electron chi connectivity index (χ0n) is 11.0. The van der Waals surface area contributed by atoms with Gasteiger partial charge in [-0.25, -0.2) is 18.4 Å². The Hall–Kier alpha value is -1.47. The van der Waals surface area contributed by atoms with Crippen LogP contribution in [0.3, 0.4) is 0 Å². The summed E-state index contributed by atoms with van der Waals surface area (Å²) in [6.45, 7) is 1.55. The molecule has 5 nitrogen and oxygen atoms in total. The number of hydrogen-bond donors (Lipinski definition) is 1. The third-order valence-electron chi connectivity index (χ3n) is 2.95. The van der Waals surface area contributed by atoms with Crippen molar-refractivity contribution < 1.29 is 8.42 Å². The van der Waals surface area contributed by atoms with Gasteiger partial charge in [-0.15, -0.1) is 0 Å². The average molecular weight is 356 g/mol. The predicted octanol–water partition coefficient (Wildman–Crippen LogP) is 2.59. The van der Waals surface area contributed by atoms with Crippen molar-refractivity contribution in [1.29, 1.82) is 0 Å². The molecule has 0 saturated carbocycles. The predicted molar refractivity (Wildman–Crippen MR) is 82.8 cm³/mol. The van der Waals surface area contributed by atoms with Crippen LogP contribution in [0.25, 0.3) is 11.3 Å². The molecule has 1 heterocycles. The van der Waals surface area contributed by atoms with Crippen LogP contribution in [-0.2, 0) is 9.84 Å². The highest BCUT2D eigenvalue weighted by molar-refractivity contribution is 9.10. The Labute approximate surface area is 126 Å². The molecule has 0 aliphatic heterocycles. The fourth-order valence-electron chi connectivity index (χ4n) is 1.64. The Morgan fingerprint density at radius 2 is 1.80 bits per heavy atom. The Bertz CT molecular complexity index is 733.